The summed E-state index contributed by atoms with van der Waals surface area (Å²) in [6.45, 7) is 0. The van der Waals surface area contributed by atoms with Gasteiger partial charge in [-0.2, -0.15) is 0 Å². The maximum absolute atomic E-state index is 5.40. The molecule has 666 valence electrons. The average molecular weight is 1840 g/mol. The van der Waals surface area contributed by atoms with Gasteiger partial charge in [-0.3, -0.25) is 13.7 Å². The molecule has 0 amide bonds. The Morgan fingerprint density at radius 3 is 0.799 bits per heavy atom. The van der Waals surface area contributed by atoms with Crippen LogP contribution in [0, 0.1) is 0 Å². The smallest absolute Gasteiger partial charge is 0.235 e. The Labute approximate surface area is 819 Å². The first-order chi connectivity index (χ1) is 71.5. The van der Waals surface area contributed by atoms with E-state index in [2.05, 4.69) is 348 Å². The van der Waals surface area contributed by atoms with Crippen LogP contribution in [0.25, 0.3) is 298 Å². The normalized spacial score (nSPS) is 12.2. The minimum absolute atomic E-state index is 0.487. The Morgan fingerprint density at radius 1 is 0.132 bits per heavy atom. The Balaban J connectivity index is 0.0000000993. The van der Waals surface area contributed by atoms with Crippen LogP contribution >= 0.6 is 0 Å². The molecule has 144 heavy (non-hydrogen) atoms. The monoisotopic (exact) mass is 1830 g/mol. The molecule has 0 N–H and O–H groups in total. The van der Waals surface area contributed by atoms with Crippen molar-refractivity contribution >= 4 is 213 Å². The van der Waals surface area contributed by atoms with Gasteiger partial charge in [-0.05, 0) is 130 Å². The van der Waals surface area contributed by atoms with Crippen LogP contribution in [0.1, 0.15) is 0 Å². The third-order valence-electron chi connectivity index (χ3n) is 29.6. The van der Waals surface area contributed by atoms with E-state index in [1.807, 2.05) is 133 Å². The predicted octanol–water partition coefficient (Wildman–Crippen LogP) is 31.8. The van der Waals surface area contributed by atoms with Gasteiger partial charge in [-0.25, -0.2) is 44.9 Å². The molecule has 15 heteroatoms. The molecule has 0 aliphatic heterocycles. The Morgan fingerprint density at radius 2 is 0.389 bits per heavy atom. The fourth-order valence-electron chi connectivity index (χ4n) is 23.6. The van der Waals surface area contributed by atoms with Crippen molar-refractivity contribution in [2.75, 3.05) is 0 Å². The molecule has 0 atom stereocenters. The number of para-hydroxylation sites is 11. The van der Waals surface area contributed by atoms with Gasteiger partial charge in [0, 0.05) is 108 Å². The third-order valence-corrected chi connectivity index (χ3v) is 29.6. The van der Waals surface area contributed by atoms with Gasteiger partial charge >= 0.3 is 0 Å². The van der Waals surface area contributed by atoms with Crippen LogP contribution in [0.3, 0.4) is 0 Å². The van der Waals surface area contributed by atoms with Crippen molar-refractivity contribution in [3.8, 4) is 85.5 Å². The second kappa shape index (κ2) is 30.9. The summed E-state index contributed by atoms with van der Waals surface area (Å²) >= 11 is 0. The van der Waals surface area contributed by atoms with Crippen LogP contribution in [-0.2, 0) is 0 Å². The quantitative estimate of drug-likeness (QED) is 0.138. The number of hydrogen-bond donors (Lipinski definition) is 0. The highest BCUT2D eigenvalue weighted by Gasteiger charge is 2.31. The summed E-state index contributed by atoms with van der Waals surface area (Å²) < 4.78 is 14.3. The molecule has 0 radical (unpaired) electrons. The van der Waals surface area contributed by atoms with Crippen LogP contribution < -0.4 is 0 Å². The molecule has 0 saturated heterocycles. The van der Waals surface area contributed by atoms with Crippen molar-refractivity contribution in [1.82, 2.24) is 71.8 Å². The fourth-order valence-corrected chi connectivity index (χ4v) is 23.6. The van der Waals surface area contributed by atoms with Crippen molar-refractivity contribution in [2.45, 2.75) is 0 Å². The van der Waals surface area contributed by atoms with Crippen molar-refractivity contribution < 1.29 is 0 Å². The van der Waals surface area contributed by atoms with Crippen molar-refractivity contribution in [3.63, 3.8) is 0 Å². The van der Waals surface area contributed by atoms with Gasteiger partial charge in [-0.15, -0.1) is 0 Å². The van der Waals surface area contributed by atoms with Gasteiger partial charge in [0.2, 0.25) is 5.95 Å². The van der Waals surface area contributed by atoms with E-state index in [0.29, 0.717) is 29.1 Å². The molecule has 20 aromatic carbocycles. The molecule has 0 bridgehead atoms. The van der Waals surface area contributed by atoms with Crippen LogP contribution in [-0.4, -0.2) is 71.8 Å². The van der Waals surface area contributed by atoms with Gasteiger partial charge in [-0.1, -0.05) is 352 Å². The molecule has 33 rings (SSSR count). The predicted molar refractivity (Wildman–Crippen MR) is 592 cm³/mol. The zero-order valence-electron chi connectivity index (χ0n) is 77.0. The van der Waals surface area contributed by atoms with E-state index in [0.717, 1.165) is 122 Å². The zero-order chi connectivity index (χ0) is 94.0. The summed E-state index contributed by atoms with van der Waals surface area (Å²) in [5.74, 6) is 3.87. The fraction of sp³-hybridized carbons (Fsp3) is 0. The number of nitrogens with zero attached hydrogens (tertiary/aromatic N) is 15. The Kier molecular flexibility index (Phi) is 17.0. The lowest BCUT2D eigenvalue weighted by molar-refractivity contribution is 0.995. The van der Waals surface area contributed by atoms with E-state index < -0.39 is 0 Å². The van der Waals surface area contributed by atoms with Crippen molar-refractivity contribution in [2.24, 2.45) is 0 Å². The van der Waals surface area contributed by atoms with E-state index in [1.165, 1.54) is 147 Å². The molecular formula is C129H75N15. The van der Waals surface area contributed by atoms with Gasteiger partial charge in [0.1, 0.15) is 17.1 Å². The maximum Gasteiger partial charge on any atom is 0.235 e. The molecule has 15 nitrogen and oxygen atoms in total. The van der Waals surface area contributed by atoms with Gasteiger partial charge < -0.3 is 13.2 Å². The van der Waals surface area contributed by atoms with Crippen molar-refractivity contribution in [3.05, 3.63) is 455 Å². The summed E-state index contributed by atoms with van der Waals surface area (Å²) in [5.41, 5.74) is 30.3. The van der Waals surface area contributed by atoms with Gasteiger partial charge in [0.25, 0.3) is 0 Å². The number of rotatable bonds is 9. The standard InChI is InChI=1S/C47H27N7.C44H26N4.C38H22N4/c1-3-14-28(15-4-1)44-50-45(29-16-5-2-6-17-29)52-46(51-44)42-34-19-7-9-23-35(34)48-47(49-42)54-37-25-12-20-31-33-22-11-21-32-30-18-8-10-24-36(30)53(43(32)33)38-26-13-27-39(54)41(38)40(31)37;1-2-11-27(12-3-1)28-23-25-29(26-24-28)42-44(46-35-18-6-5-17-34(35)45-42)48-37-20-9-14-31-33-16-8-15-32-30-13-4-7-19-36(30)47(43(32)33)38-21-10-22-39(48)41(38)40(31)37;1-2-11-23(12-3-1)36-38(40-29-18-6-5-17-28(29)39-36)42-31-20-9-14-25-27-16-8-15-26-24-13-4-7-19-30(24)41(37(26)27)32-21-10-22-33(42)35(32)34(25)31/h1-27H;1-26H;1-22H. The first-order valence-electron chi connectivity index (χ1n) is 48.7. The van der Waals surface area contributed by atoms with E-state index in [9.17, 15) is 0 Å². The average Bonchev–Trinajstić information content (AvgIpc) is 1.54. The number of aromatic nitrogens is 15. The molecule has 13 aromatic heterocycles. The van der Waals surface area contributed by atoms with E-state index in [4.69, 9.17) is 44.9 Å². The van der Waals surface area contributed by atoms with E-state index in [1.54, 1.807) is 0 Å². The number of benzene rings is 20. The first-order valence-corrected chi connectivity index (χ1v) is 48.7. The molecule has 0 unspecified atom stereocenters. The third kappa shape index (κ3) is 11.6. The topological polar surface area (TPSA) is 144 Å². The largest absolute Gasteiger partial charge is 0.308 e. The maximum atomic E-state index is 5.40. The summed E-state index contributed by atoms with van der Waals surface area (Å²) in [7, 11) is 0. The molecule has 33 aromatic rings. The minimum atomic E-state index is 0.487. The Bertz CT molecular complexity index is 11100. The zero-order valence-corrected chi connectivity index (χ0v) is 77.0. The minimum Gasteiger partial charge on any atom is -0.308 e. The molecule has 13 heterocycles. The SMILES string of the molecule is c1ccc(-c2ccc(-c3nc4ccccc4nc3-n3c4cccc5c6cccc7c8ccccc8n(c8cccc3c8c54)c67)cc2)cc1.c1ccc(-c2nc(-c3ccccc3)nc(-c3nc(-n4c5cccc6c7cccc8c9ccccc9n(c9cccc4c9c65)c78)nc4ccccc34)n2)cc1.c1ccc(-c2nc3ccccc3nc2-n2c3cccc4c5cccc6c7ccccc7n(c7cccc2c7c43)c56)cc1. The van der Waals surface area contributed by atoms with E-state index in [-0.39, 0.29) is 0 Å². The number of hydrogen-bond acceptors (Lipinski definition) is 9. The highest BCUT2D eigenvalue weighted by molar-refractivity contribution is 6.35. The van der Waals surface area contributed by atoms with Crippen molar-refractivity contribution in [1.29, 1.82) is 0 Å². The van der Waals surface area contributed by atoms with Gasteiger partial charge in [0.05, 0.1) is 110 Å². The van der Waals surface area contributed by atoms with Crippen LogP contribution in [0.5, 0.6) is 0 Å². The van der Waals surface area contributed by atoms with Crippen LogP contribution in [0.15, 0.2) is 455 Å². The van der Waals surface area contributed by atoms with Crippen LogP contribution in [0.4, 0.5) is 0 Å². The lowest BCUT2D eigenvalue weighted by Gasteiger charge is -2.14. The molecular weight excluding hydrogens is 1760 g/mol. The highest BCUT2D eigenvalue weighted by atomic mass is 15.2. The summed E-state index contributed by atoms with van der Waals surface area (Å²) in [6.07, 6.45) is 0. The van der Waals surface area contributed by atoms with E-state index >= 15 is 0 Å². The summed E-state index contributed by atoms with van der Waals surface area (Å²) in [6, 6.07) is 160. The molecule has 0 saturated carbocycles. The lowest BCUT2D eigenvalue weighted by atomic mass is 10.0. The summed E-state index contributed by atoms with van der Waals surface area (Å²) in [4.78, 5) is 47.0. The second-order valence-corrected chi connectivity index (χ2v) is 37.3. The molecule has 0 aliphatic rings. The lowest BCUT2D eigenvalue weighted by Crippen LogP contribution is -2.06. The van der Waals surface area contributed by atoms with Crippen LogP contribution in [0.2, 0.25) is 0 Å². The molecule has 0 aliphatic carbocycles. The Hall–Kier alpha value is -19.8. The number of fused-ring (bicyclic) bond motifs is 18. The second-order valence-electron chi connectivity index (χ2n) is 37.3. The summed E-state index contributed by atoms with van der Waals surface area (Å²) in [5, 5.41) is 23.1. The van der Waals surface area contributed by atoms with Gasteiger partial charge in [0.15, 0.2) is 29.1 Å². The highest BCUT2D eigenvalue weighted by Crippen LogP contribution is 2.51. The molecule has 0 spiro atoms. The first kappa shape index (κ1) is 79.3. The molecule has 0 fully saturated rings.